The Morgan fingerprint density at radius 3 is 1.24 bits per heavy atom. The lowest BCUT2D eigenvalue weighted by Crippen LogP contribution is -2.35. The average molecular weight is 481 g/mol. The second-order valence-electron chi connectivity index (χ2n) is 11.4. The topological polar surface area (TPSA) is 52.6 Å². The van der Waals surface area contributed by atoms with Gasteiger partial charge in [-0.2, -0.15) is 0 Å². The van der Waals surface area contributed by atoms with Crippen LogP contribution in [0, 0.1) is 23.7 Å². The number of rotatable bonds is 20. The molecule has 1 fully saturated rings. The first-order valence-electron chi connectivity index (χ1n) is 14.7. The normalized spacial score (nSPS) is 18.4. The molecule has 4 heteroatoms. The van der Waals surface area contributed by atoms with E-state index in [0.717, 1.165) is 63.2 Å². The van der Waals surface area contributed by atoms with Gasteiger partial charge in [0.15, 0.2) is 0 Å². The highest BCUT2D eigenvalue weighted by atomic mass is 16.5. The van der Waals surface area contributed by atoms with E-state index in [2.05, 4.69) is 27.7 Å². The molecular formula is C30H56O4. The SMILES string of the molecule is CC(C)CCCCCCCCCCOC(=O)C1CCCCC1C(=O)OCCCCCCC(C)C. The number of hydrogen-bond donors (Lipinski definition) is 0. The van der Waals surface area contributed by atoms with Crippen molar-refractivity contribution in [1.29, 1.82) is 0 Å². The highest BCUT2D eigenvalue weighted by molar-refractivity contribution is 5.82. The molecule has 200 valence electrons. The molecule has 2 atom stereocenters. The summed E-state index contributed by atoms with van der Waals surface area (Å²) in [5.41, 5.74) is 0. The molecule has 0 aromatic rings. The van der Waals surface area contributed by atoms with Gasteiger partial charge in [-0.25, -0.2) is 0 Å². The molecule has 0 radical (unpaired) electrons. The number of ether oxygens (including phenoxy) is 2. The average Bonchev–Trinajstić information content (AvgIpc) is 2.81. The van der Waals surface area contributed by atoms with E-state index in [1.807, 2.05) is 0 Å². The third-order valence-corrected chi connectivity index (χ3v) is 7.21. The zero-order valence-corrected chi connectivity index (χ0v) is 23.1. The molecule has 0 bridgehead atoms. The second-order valence-corrected chi connectivity index (χ2v) is 11.4. The molecule has 2 unspecified atom stereocenters. The van der Waals surface area contributed by atoms with Crippen LogP contribution in [0.25, 0.3) is 0 Å². The fourth-order valence-electron chi connectivity index (χ4n) is 4.98. The summed E-state index contributed by atoms with van der Waals surface area (Å²) in [6.45, 7) is 10.1. The molecule has 0 saturated heterocycles. The Kier molecular flexibility index (Phi) is 18.4. The molecule has 34 heavy (non-hydrogen) atoms. The van der Waals surface area contributed by atoms with Crippen LogP contribution in [0.5, 0.6) is 0 Å². The Labute approximate surface area is 211 Å². The number of unbranched alkanes of at least 4 members (excludes halogenated alkanes) is 10. The van der Waals surface area contributed by atoms with E-state index in [-0.39, 0.29) is 23.8 Å². The first-order chi connectivity index (χ1) is 16.4. The highest BCUT2D eigenvalue weighted by Crippen LogP contribution is 2.32. The lowest BCUT2D eigenvalue weighted by atomic mass is 9.79. The van der Waals surface area contributed by atoms with Crippen LogP contribution in [0.3, 0.4) is 0 Å². The van der Waals surface area contributed by atoms with Gasteiger partial charge >= 0.3 is 11.9 Å². The van der Waals surface area contributed by atoms with Crippen LogP contribution >= 0.6 is 0 Å². The maximum atomic E-state index is 12.7. The molecule has 4 nitrogen and oxygen atoms in total. The molecule has 0 heterocycles. The fraction of sp³-hybridized carbons (Fsp3) is 0.933. The van der Waals surface area contributed by atoms with Crippen molar-refractivity contribution >= 4 is 11.9 Å². The maximum absolute atomic E-state index is 12.7. The summed E-state index contributed by atoms with van der Waals surface area (Å²) < 4.78 is 11.1. The van der Waals surface area contributed by atoms with Crippen molar-refractivity contribution in [3.63, 3.8) is 0 Å². The molecule has 0 amide bonds. The van der Waals surface area contributed by atoms with Gasteiger partial charge in [0.1, 0.15) is 0 Å². The molecule has 0 aromatic heterocycles. The smallest absolute Gasteiger partial charge is 0.309 e. The number of hydrogen-bond acceptors (Lipinski definition) is 4. The summed E-state index contributed by atoms with van der Waals surface area (Å²) in [7, 11) is 0. The number of esters is 2. The summed E-state index contributed by atoms with van der Waals surface area (Å²) >= 11 is 0. The lowest BCUT2D eigenvalue weighted by Gasteiger charge is -2.28. The van der Waals surface area contributed by atoms with Crippen LogP contribution in [0.2, 0.25) is 0 Å². The van der Waals surface area contributed by atoms with Gasteiger partial charge in [-0.3, -0.25) is 9.59 Å². The van der Waals surface area contributed by atoms with Gasteiger partial charge in [0.25, 0.3) is 0 Å². The minimum atomic E-state index is -0.308. The maximum Gasteiger partial charge on any atom is 0.309 e. The van der Waals surface area contributed by atoms with Crippen molar-refractivity contribution in [2.75, 3.05) is 13.2 Å². The Hall–Kier alpha value is -1.06. The van der Waals surface area contributed by atoms with Gasteiger partial charge < -0.3 is 9.47 Å². The van der Waals surface area contributed by atoms with Crippen molar-refractivity contribution < 1.29 is 19.1 Å². The molecule has 0 N–H and O–H groups in total. The van der Waals surface area contributed by atoms with E-state index in [9.17, 15) is 9.59 Å². The Balaban J connectivity index is 2.12. The zero-order chi connectivity index (χ0) is 25.0. The quantitative estimate of drug-likeness (QED) is 0.129. The van der Waals surface area contributed by atoms with Gasteiger partial charge in [0.05, 0.1) is 25.0 Å². The monoisotopic (exact) mass is 480 g/mol. The zero-order valence-electron chi connectivity index (χ0n) is 23.1. The minimum Gasteiger partial charge on any atom is -0.465 e. The second kappa shape index (κ2) is 20.2. The molecule has 1 aliphatic rings. The van der Waals surface area contributed by atoms with Crippen molar-refractivity contribution in [2.45, 2.75) is 143 Å². The molecule has 1 rings (SSSR count). The van der Waals surface area contributed by atoms with Gasteiger partial charge in [-0.1, -0.05) is 118 Å². The molecule has 0 aliphatic heterocycles. The van der Waals surface area contributed by atoms with Crippen molar-refractivity contribution in [3.8, 4) is 0 Å². The van der Waals surface area contributed by atoms with E-state index < -0.39 is 0 Å². The molecule has 0 spiro atoms. The Bertz CT molecular complexity index is 514. The van der Waals surface area contributed by atoms with Crippen LogP contribution < -0.4 is 0 Å². The first kappa shape index (κ1) is 31.0. The predicted molar refractivity (Wildman–Crippen MR) is 142 cm³/mol. The van der Waals surface area contributed by atoms with Crippen LogP contribution in [0.4, 0.5) is 0 Å². The summed E-state index contributed by atoms with van der Waals surface area (Å²) in [5.74, 6) is 0.607. The van der Waals surface area contributed by atoms with Gasteiger partial charge in [-0.05, 0) is 37.5 Å². The number of carbonyl (C=O) groups excluding carboxylic acids is 2. The highest BCUT2D eigenvalue weighted by Gasteiger charge is 2.37. The van der Waals surface area contributed by atoms with E-state index >= 15 is 0 Å². The molecule has 1 saturated carbocycles. The standard InChI is InChI=1S/C30H56O4/c1-25(2)19-13-9-7-5-6-8-11-17-23-33-29(31)27-21-15-16-22-28(27)30(32)34-24-18-12-10-14-20-26(3)4/h25-28H,5-24H2,1-4H3. The van der Waals surface area contributed by atoms with Crippen molar-refractivity contribution in [2.24, 2.45) is 23.7 Å². The van der Waals surface area contributed by atoms with Crippen LogP contribution in [-0.2, 0) is 19.1 Å². The largest absolute Gasteiger partial charge is 0.465 e. The minimum absolute atomic E-state index is 0.180. The van der Waals surface area contributed by atoms with Crippen molar-refractivity contribution in [1.82, 2.24) is 0 Å². The predicted octanol–water partition coefficient (Wildman–Crippen LogP) is 8.65. The van der Waals surface area contributed by atoms with Crippen LogP contribution in [0.15, 0.2) is 0 Å². The van der Waals surface area contributed by atoms with E-state index in [4.69, 9.17) is 9.47 Å². The van der Waals surface area contributed by atoms with E-state index in [1.54, 1.807) is 0 Å². The Morgan fingerprint density at radius 2 is 0.882 bits per heavy atom. The summed E-state index contributed by atoms with van der Waals surface area (Å²) in [5, 5.41) is 0. The van der Waals surface area contributed by atoms with Crippen LogP contribution in [-0.4, -0.2) is 25.2 Å². The lowest BCUT2D eigenvalue weighted by molar-refractivity contribution is -0.163. The first-order valence-corrected chi connectivity index (χ1v) is 14.7. The molecule has 1 aliphatic carbocycles. The number of carbonyl (C=O) groups is 2. The fourth-order valence-corrected chi connectivity index (χ4v) is 4.98. The summed E-state index contributed by atoms with van der Waals surface area (Å²) in [4.78, 5) is 25.3. The Morgan fingerprint density at radius 1 is 0.559 bits per heavy atom. The summed E-state index contributed by atoms with van der Waals surface area (Å²) in [6, 6.07) is 0. The summed E-state index contributed by atoms with van der Waals surface area (Å²) in [6.07, 6.45) is 20.5. The third-order valence-electron chi connectivity index (χ3n) is 7.21. The molecule has 0 aromatic carbocycles. The van der Waals surface area contributed by atoms with E-state index in [1.165, 1.54) is 64.2 Å². The van der Waals surface area contributed by atoms with Crippen molar-refractivity contribution in [3.05, 3.63) is 0 Å². The molecular weight excluding hydrogens is 424 g/mol. The van der Waals surface area contributed by atoms with Gasteiger partial charge in [-0.15, -0.1) is 0 Å². The van der Waals surface area contributed by atoms with E-state index in [0.29, 0.717) is 13.2 Å². The van der Waals surface area contributed by atoms with Gasteiger partial charge in [0, 0.05) is 0 Å². The van der Waals surface area contributed by atoms with Gasteiger partial charge in [0.2, 0.25) is 0 Å². The third kappa shape index (κ3) is 15.8. The van der Waals surface area contributed by atoms with Crippen LogP contribution in [0.1, 0.15) is 143 Å².